The molecule has 0 aliphatic carbocycles. The van der Waals surface area contributed by atoms with Gasteiger partial charge in [0.25, 0.3) is 11.8 Å². The predicted molar refractivity (Wildman–Crippen MR) is 121 cm³/mol. The lowest BCUT2D eigenvalue weighted by molar-refractivity contribution is -0.114. The third-order valence-corrected chi connectivity index (χ3v) is 4.44. The minimum atomic E-state index is -0.223. The second-order valence-corrected chi connectivity index (χ2v) is 6.91. The lowest BCUT2D eigenvalue weighted by atomic mass is 10.2. The molecule has 3 amide bonds. The highest BCUT2D eigenvalue weighted by atomic mass is 16.5. The minimum Gasteiger partial charge on any atom is -0.383 e. The molecule has 0 spiro atoms. The summed E-state index contributed by atoms with van der Waals surface area (Å²) in [5.74, 6) is -0.522. The summed E-state index contributed by atoms with van der Waals surface area (Å²) in [6.45, 7) is 3.68. The van der Waals surface area contributed by atoms with Gasteiger partial charge < -0.3 is 26.0 Å². The van der Waals surface area contributed by atoms with Crippen molar-refractivity contribution in [1.82, 2.24) is 10.6 Å². The fraction of sp³-hybridized carbons (Fsp3) is 0.348. The van der Waals surface area contributed by atoms with Gasteiger partial charge in [0, 0.05) is 42.7 Å². The van der Waals surface area contributed by atoms with Crippen LogP contribution in [-0.4, -0.2) is 51.1 Å². The van der Waals surface area contributed by atoms with Crippen molar-refractivity contribution < 1.29 is 19.1 Å². The van der Waals surface area contributed by atoms with Crippen molar-refractivity contribution in [3.8, 4) is 0 Å². The quantitative estimate of drug-likeness (QED) is 0.390. The number of hydrogen-bond donors (Lipinski definition) is 4. The molecule has 0 aliphatic heterocycles. The van der Waals surface area contributed by atoms with Crippen LogP contribution in [0.4, 0.5) is 11.4 Å². The second-order valence-electron chi connectivity index (χ2n) is 6.91. The first kappa shape index (κ1) is 23.9. The Bertz CT molecular complexity index is 851. The number of carbonyl (C=O) groups excluding carboxylic acids is 3. The summed E-state index contributed by atoms with van der Waals surface area (Å²) in [5, 5.41) is 11.4. The van der Waals surface area contributed by atoms with Crippen molar-refractivity contribution in [2.45, 2.75) is 19.8 Å². The third kappa shape index (κ3) is 8.47. The number of anilines is 2. The summed E-state index contributed by atoms with van der Waals surface area (Å²) in [5.41, 5.74) is 2.42. The average Bonchev–Trinajstić information content (AvgIpc) is 2.78. The monoisotopic (exact) mass is 426 g/mol. The number of hydrogen-bond acceptors (Lipinski definition) is 5. The molecule has 2 aromatic rings. The van der Waals surface area contributed by atoms with Gasteiger partial charge in [0.15, 0.2) is 0 Å². The summed E-state index contributed by atoms with van der Waals surface area (Å²) in [7, 11) is 1.57. The van der Waals surface area contributed by atoms with Gasteiger partial charge in [0.1, 0.15) is 0 Å². The molecular formula is C23H30N4O4. The van der Waals surface area contributed by atoms with Crippen LogP contribution >= 0.6 is 0 Å². The van der Waals surface area contributed by atoms with E-state index in [1.165, 1.54) is 0 Å². The van der Waals surface area contributed by atoms with E-state index in [1.54, 1.807) is 55.6 Å². The summed E-state index contributed by atoms with van der Waals surface area (Å²) >= 11 is 0. The topological polar surface area (TPSA) is 109 Å². The second kappa shape index (κ2) is 13.0. The van der Waals surface area contributed by atoms with Crippen molar-refractivity contribution in [2.24, 2.45) is 0 Å². The molecule has 31 heavy (non-hydrogen) atoms. The number of rotatable bonds is 12. The average molecular weight is 427 g/mol. The molecule has 0 bridgehead atoms. The van der Waals surface area contributed by atoms with Gasteiger partial charge >= 0.3 is 0 Å². The molecule has 0 fully saturated rings. The zero-order valence-corrected chi connectivity index (χ0v) is 18.0. The molecule has 0 saturated carbocycles. The van der Waals surface area contributed by atoms with Crippen LogP contribution in [-0.2, 0) is 9.53 Å². The van der Waals surface area contributed by atoms with E-state index in [2.05, 4.69) is 28.2 Å². The molecule has 0 unspecified atom stereocenters. The van der Waals surface area contributed by atoms with E-state index in [4.69, 9.17) is 4.74 Å². The van der Waals surface area contributed by atoms with Crippen LogP contribution in [0, 0.1) is 0 Å². The normalized spacial score (nSPS) is 10.3. The van der Waals surface area contributed by atoms with E-state index in [1.807, 2.05) is 0 Å². The van der Waals surface area contributed by atoms with Crippen LogP contribution in [0.1, 0.15) is 40.5 Å². The maximum Gasteiger partial charge on any atom is 0.251 e. The standard InChI is InChI=1S/C23H30N4O4/c1-3-4-13-24-22(29)17-5-9-19(10-6-17)26-16-21(28)27-20-11-7-18(8-12-20)23(30)25-14-15-31-2/h5-12,26H,3-4,13-16H2,1-2H3,(H,24,29)(H,25,30)(H,27,28). The lowest BCUT2D eigenvalue weighted by Gasteiger charge is -2.10. The third-order valence-electron chi connectivity index (χ3n) is 4.44. The summed E-state index contributed by atoms with van der Waals surface area (Å²) in [4.78, 5) is 36.1. The Labute approximate surface area is 182 Å². The number of nitrogens with one attached hydrogen (secondary N) is 4. The molecule has 0 aliphatic rings. The number of amides is 3. The van der Waals surface area contributed by atoms with Crippen LogP contribution in [0.15, 0.2) is 48.5 Å². The van der Waals surface area contributed by atoms with Gasteiger partial charge in [0.2, 0.25) is 5.91 Å². The Kier molecular flexibility index (Phi) is 10.0. The minimum absolute atomic E-state index is 0.0707. The highest BCUT2D eigenvalue weighted by molar-refractivity contribution is 5.97. The maximum atomic E-state index is 12.2. The van der Waals surface area contributed by atoms with Crippen molar-refractivity contribution in [1.29, 1.82) is 0 Å². The first-order chi connectivity index (χ1) is 15.0. The van der Waals surface area contributed by atoms with Crippen molar-refractivity contribution in [2.75, 3.05) is 44.0 Å². The van der Waals surface area contributed by atoms with Crippen LogP contribution in [0.3, 0.4) is 0 Å². The fourth-order valence-electron chi connectivity index (χ4n) is 2.68. The molecule has 8 heteroatoms. The van der Waals surface area contributed by atoms with Gasteiger partial charge in [-0.3, -0.25) is 14.4 Å². The summed E-state index contributed by atoms with van der Waals surface area (Å²) in [6, 6.07) is 13.6. The van der Waals surface area contributed by atoms with E-state index in [0.29, 0.717) is 36.5 Å². The molecule has 0 radical (unpaired) electrons. The largest absolute Gasteiger partial charge is 0.383 e. The Morgan fingerprint density at radius 2 is 1.35 bits per heavy atom. The van der Waals surface area contributed by atoms with Crippen LogP contribution in [0.5, 0.6) is 0 Å². The van der Waals surface area contributed by atoms with E-state index in [9.17, 15) is 14.4 Å². The summed E-state index contributed by atoms with van der Waals surface area (Å²) < 4.78 is 4.89. The van der Waals surface area contributed by atoms with Gasteiger partial charge in [-0.25, -0.2) is 0 Å². The van der Waals surface area contributed by atoms with Gasteiger partial charge in [-0.15, -0.1) is 0 Å². The molecule has 2 rings (SSSR count). The molecule has 0 aromatic heterocycles. The first-order valence-electron chi connectivity index (χ1n) is 10.3. The maximum absolute atomic E-state index is 12.2. The number of unbranched alkanes of at least 4 members (excludes halogenated alkanes) is 1. The molecule has 0 heterocycles. The number of methoxy groups -OCH3 is 1. The van der Waals surface area contributed by atoms with Crippen molar-refractivity contribution in [3.05, 3.63) is 59.7 Å². The van der Waals surface area contributed by atoms with Gasteiger partial charge in [-0.1, -0.05) is 13.3 Å². The molecule has 2 aromatic carbocycles. The zero-order chi connectivity index (χ0) is 22.5. The predicted octanol–water partition coefficient (Wildman–Crippen LogP) is 2.64. The molecule has 166 valence electrons. The van der Waals surface area contributed by atoms with Crippen LogP contribution in [0.25, 0.3) is 0 Å². The van der Waals surface area contributed by atoms with Gasteiger partial charge in [0.05, 0.1) is 13.2 Å². The number of ether oxygens (including phenoxy) is 1. The SMILES string of the molecule is CCCCNC(=O)c1ccc(NCC(=O)Nc2ccc(C(=O)NCCOC)cc2)cc1. The Balaban J connectivity index is 1.77. The van der Waals surface area contributed by atoms with E-state index < -0.39 is 0 Å². The van der Waals surface area contributed by atoms with Crippen LogP contribution < -0.4 is 21.3 Å². The molecule has 8 nitrogen and oxygen atoms in total. The highest BCUT2D eigenvalue weighted by Crippen LogP contribution is 2.11. The van der Waals surface area contributed by atoms with E-state index in [-0.39, 0.29) is 24.3 Å². The molecule has 4 N–H and O–H groups in total. The van der Waals surface area contributed by atoms with E-state index >= 15 is 0 Å². The molecule has 0 saturated heterocycles. The van der Waals surface area contributed by atoms with Crippen LogP contribution in [0.2, 0.25) is 0 Å². The van der Waals surface area contributed by atoms with Gasteiger partial charge in [-0.05, 0) is 55.0 Å². The Morgan fingerprint density at radius 1 is 0.806 bits per heavy atom. The Morgan fingerprint density at radius 3 is 1.90 bits per heavy atom. The first-order valence-corrected chi connectivity index (χ1v) is 10.3. The molecular weight excluding hydrogens is 396 g/mol. The van der Waals surface area contributed by atoms with Gasteiger partial charge in [-0.2, -0.15) is 0 Å². The number of benzene rings is 2. The smallest absolute Gasteiger partial charge is 0.251 e. The zero-order valence-electron chi connectivity index (χ0n) is 18.0. The van der Waals surface area contributed by atoms with Crippen molar-refractivity contribution in [3.63, 3.8) is 0 Å². The fourth-order valence-corrected chi connectivity index (χ4v) is 2.68. The van der Waals surface area contributed by atoms with E-state index in [0.717, 1.165) is 18.5 Å². The number of carbonyl (C=O) groups is 3. The summed E-state index contributed by atoms with van der Waals surface area (Å²) in [6.07, 6.45) is 1.98. The van der Waals surface area contributed by atoms with Crippen molar-refractivity contribution >= 4 is 29.1 Å². The highest BCUT2D eigenvalue weighted by Gasteiger charge is 2.08. The molecule has 0 atom stereocenters. The lowest BCUT2D eigenvalue weighted by Crippen LogP contribution is -2.27. The Hall–Kier alpha value is -3.39.